The molecule has 260 valence electrons. The summed E-state index contributed by atoms with van der Waals surface area (Å²) < 4.78 is 23.2. The van der Waals surface area contributed by atoms with E-state index in [0.717, 1.165) is 24.8 Å². The van der Waals surface area contributed by atoms with Gasteiger partial charge in [0.15, 0.2) is 28.8 Å². The first-order chi connectivity index (χ1) is 24.4. The van der Waals surface area contributed by atoms with Gasteiger partial charge in [-0.15, -0.1) is 0 Å². The third-order valence-electron chi connectivity index (χ3n) is 10.0. The van der Waals surface area contributed by atoms with Crippen LogP contribution < -0.4 is 24.3 Å². The average Bonchev–Trinajstić information content (AvgIpc) is 3.74. The lowest BCUT2D eigenvalue weighted by molar-refractivity contribution is -0.118. The highest BCUT2D eigenvalue weighted by molar-refractivity contribution is 6.06. The van der Waals surface area contributed by atoms with Crippen LogP contribution in [0.15, 0.2) is 64.6 Å². The number of amides is 1. The lowest BCUT2D eigenvalue weighted by Gasteiger charge is -2.21. The van der Waals surface area contributed by atoms with Gasteiger partial charge in [-0.05, 0) is 43.4 Å². The van der Waals surface area contributed by atoms with Crippen LogP contribution in [-0.4, -0.2) is 80.8 Å². The second-order valence-electron chi connectivity index (χ2n) is 13.3. The van der Waals surface area contributed by atoms with E-state index in [1.165, 1.54) is 0 Å². The molecule has 2 unspecified atom stereocenters. The fourth-order valence-electron chi connectivity index (χ4n) is 7.34. The Labute approximate surface area is 291 Å². The number of carbonyl (C=O) groups is 3. The minimum absolute atomic E-state index is 0.0138. The molecule has 3 aromatic rings. The first-order valence-corrected chi connectivity index (χ1v) is 17.3. The molecule has 1 saturated carbocycles. The summed E-state index contributed by atoms with van der Waals surface area (Å²) in [6, 6.07) is 16.6. The van der Waals surface area contributed by atoms with Crippen molar-refractivity contribution in [3.8, 4) is 23.0 Å². The number of hydrogen-bond donors (Lipinski definition) is 1. The van der Waals surface area contributed by atoms with E-state index >= 15 is 0 Å². The van der Waals surface area contributed by atoms with Gasteiger partial charge < -0.3 is 29.2 Å². The van der Waals surface area contributed by atoms with Crippen LogP contribution in [0.3, 0.4) is 0 Å². The Bertz CT molecular complexity index is 1820. The van der Waals surface area contributed by atoms with E-state index in [-0.39, 0.29) is 47.9 Å². The summed E-state index contributed by atoms with van der Waals surface area (Å²) in [7, 11) is 3.11. The highest BCUT2D eigenvalue weighted by Crippen LogP contribution is 2.42. The molecule has 0 spiro atoms. The first-order valence-electron chi connectivity index (χ1n) is 17.3. The lowest BCUT2D eigenvalue weighted by atomic mass is 9.89. The van der Waals surface area contributed by atoms with E-state index in [0.29, 0.717) is 84.5 Å². The molecule has 3 heterocycles. The Kier molecular flexibility index (Phi) is 9.93. The van der Waals surface area contributed by atoms with Crippen LogP contribution in [0.5, 0.6) is 23.0 Å². The molecule has 3 aliphatic heterocycles. The number of fused-ring (bicyclic) bond motifs is 4. The summed E-state index contributed by atoms with van der Waals surface area (Å²) in [4.78, 5) is 50.7. The third kappa shape index (κ3) is 7.00. The molecule has 11 heteroatoms. The summed E-state index contributed by atoms with van der Waals surface area (Å²) >= 11 is 0. The molecular formula is C39H42N4O7. The van der Waals surface area contributed by atoms with Gasteiger partial charge in [-0.3, -0.25) is 24.4 Å². The van der Waals surface area contributed by atoms with Crippen LogP contribution in [0.4, 0.5) is 11.4 Å². The van der Waals surface area contributed by atoms with E-state index in [2.05, 4.69) is 15.3 Å². The Morgan fingerprint density at radius 3 is 2.38 bits per heavy atom. The molecular weight excluding hydrogens is 636 g/mol. The molecule has 7 rings (SSSR count). The van der Waals surface area contributed by atoms with Crippen molar-refractivity contribution in [3.05, 3.63) is 71.3 Å². The molecule has 4 aliphatic rings. The molecule has 2 fully saturated rings. The molecule has 4 atom stereocenters. The maximum atomic E-state index is 13.7. The van der Waals surface area contributed by atoms with Crippen molar-refractivity contribution in [3.63, 3.8) is 0 Å². The van der Waals surface area contributed by atoms with Crippen molar-refractivity contribution in [2.45, 2.75) is 57.2 Å². The van der Waals surface area contributed by atoms with Crippen LogP contribution >= 0.6 is 0 Å². The Hall–Kier alpha value is -5.03. The van der Waals surface area contributed by atoms with Crippen molar-refractivity contribution in [2.75, 3.05) is 33.9 Å². The Balaban J connectivity index is 0.896. The molecule has 0 radical (unpaired) electrons. The average molecular weight is 679 g/mol. The highest BCUT2D eigenvalue weighted by Gasteiger charge is 2.38. The van der Waals surface area contributed by atoms with Crippen LogP contribution in [0, 0.1) is 11.8 Å². The van der Waals surface area contributed by atoms with Crippen molar-refractivity contribution < 1.29 is 33.3 Å². The van der Waals surface area contributed by atoms with Gasteiger partial charge in [0, 0.05) is 61.0 Å². The lowest BCUT2D eigenvalue weighted by Crippen LogP contribution is -2.38. The number of benzene rings is 3. The summed E-state index contributed by atoms with van der Waals surface area (Å²) in [5.74, 6) is 2.21. The molecule has 1 N–H and O–H groups in total. The number of nitrogens with one attached hydrogen (secondary N) is 1. The van der Waals surface area contributed by atoms with Gasteiger partial charge in [-0.25, -0.2) is 0 Å². The SMILES string of the molecule is COc1cc2c(cc1OCCCC(=O)CNC1C[C@H]3C=Nc4cc(OCc5ccccc5)c(OC)cc4C(=O)N3C1)N=C[C@@H]1CCCC1C2=O. The van der Waals surface area contributed by atoms with Crippen LogP contribution in [-0.2, 0) is 11.4 Å². The normalized spacial score (nSPS) is 21.8. The van der Waals surface area contributed by atoms with E-state index < -0.39 is 0 Å². The number of Topliss-reactive ketones (excluding diaryl/α,β-unsaturated/α-hetero) is 2. The topological polar surface area (TPSA) is 128 Å². The zero-order chi connectivity index (χ0) is 34.6. The molecule has 11 nitrogen and oxygen atoms in total. The summed E-state index contributed by atoms with van der Waals surface area (Å²) in [6.07, 6.45) is 8.15. The molecule has 1 saturated heterocycles. The van der Waals surface area contributed by atoms with Crippen molar-refractivity contribution in [1.82, 2.24) is 10.2 Å². The van der Waals surface area contributed by atoms with Crippen LogP contribution in [0.1, 0.15) is 64.8 Å². The predicted octanol–water partition coefficient (Wildman–Crippen LogP) is 5.91. The largest absolute Gasteiger partial charge is 0.493 e. The molecule has 0 bridgehead atoms. The van der Waals surface area contributed by atoms with Gasteiger partial charge in [-0.1, -0.05) is 36.8 Å². The zero-order valence-electron chi connectivity index (χ0n) is 28.4. The fourth-order valence-corrected chi connectivity index (χ4v) is 7.34. The summed E-state index contributed by atoms with van der Waals surface area (Å²) in [5.41, 5.74) is 3.20. The van der Waals surface area contributed by atoms with Gasteiger partial charge in [0.2, 0.25) is 0 Å². The molecule has 0 aromatic heterocycles. The van der Waals surface area contributed by atoms with E-state index in [9.17, 15) is 14.4 Å². The zero-order valence-corrected chi connectivity index (χ0v) is 28.4. The third-order valence-corrected chi connectivity index (χ3v) is 10.0. The van der Waals surface area contributed by atoms with Gasteiger partial charge >= 0.3 is 0 Å². The molecule has 1 aliphatic carbocycles. The second kappa shape index (κ2) is 14.8. The van der Waals surface area contributed by atoms with Crippen molar-refractivity contribution in [1.29, 1.82) is 0 Å². The smallest absolute Gasteiger partial charge is 0.256 e. The molecule has 3 aromatic carbocycles. The predicted molar refractivity (Wildman–Crippen MR) is 189 cm³/mol. The highest BCUT2D eigenvalue weighted by atomic mass is 16.5. The second-order valence-corrected chi connectivity index (χ2v) is 13.3. The van der Waals surface area contributed by atoms with Crippen LogP contribution in [0.2, 0.25) is 0 Å². The number of nitrogens with zero attached hydrogens (tertiary/aromatic N) is 3. The van der Waals surface area contributed by atoms with Crippen molar-refractivity contribution in [2.24, 2.45) is 21.8 Å². The number of hydrogen-bond acceptors (Lipinski definition) is 10. The summed E-state index contributed by atoms with van der Waals surface area (Å²) in [6.45, 7) is 1.34. The number of ether oxygens (including phenoxy) is 4. The number of aliphatic imine (C=N–C) groups is 2. The molecule has 1 amide bonds. The summed E-state index contributed by atoms with van der Waals surface area (Å²) in [5, 5.41) is 3.35. The van der Waals surface area contributed by atoms with E-state index in [1.807, 2.05) is 42.8 Å². The van der Waals surface area contributed by atoms with Gasteiger partial charge in [0.1, 0.15) is 12.4 Å². The maximum Gasteiger partial charge on any atom is 0.256 e. The first kappa shape index (κ1) is 33.5. The van der Waals surface area contributed by atoms with Crippen LogP contribution in [0.25, 0.3) is 0 Å². The monoisotopic (exact) mass is 678 g/mol. The van der Waals surface area contributed by atoms with Gasteiger partial charge in [0.05, 0.1) is 50.4 Å². The quantitative estimate of drug-likeness (QED) is 0.221. The number of ketones is 2. The Morgan fingerprint density at radius 1 is 0.880 bits per heavy atom. The standard InChI is InChI=1S/C39H42N4O7/c1-47-34-15-30-32(41-19-25-10-6-12-29(25)38(30)45)17-36(34)49-13-7-11-28(44)21-40-26-14-27-20-42-33-18-37(50-23-24-8-4-3-5-9-24)35(48-2)16-31(33)39(46)43(27)22-26/h3-5,8-9,15-20,25-27,29,40H,6-7,10-14,21-23H2,1-2H3/t25-,26?,27-,29?/m0/s1. The van der Waals surface area contributed by atoms with Gasteiger partial charge in [-0.2, -0.15) is 0 Å². The molecule has 50 heavy (non-hydrogen) atoms. The number of rotatable bonds is 13. The van der Waals surface area contributed by atoms with E-state index in [4.69, 9.17) is 18.9 Å². The number of carbonyl (C=O) groups excluding carboxylic acids is 3. The minimum atomic E-state index is -0.189. The Morgan fingerprint density at radius 2 is 1.60 bits per heavy atom. The minimum Gasteiger partial charge on any atom is -0.493 e. The van der Waals surface area contributed by atoms with Gasteiger partial charge in [0.25, 0.3) is 5.91 Å². The van der Waals surface area contributed by atoms with E-state index in [1.54, 1.807) is 43.4 Å². The number of methoxy groups -OCH3 is 2. The fraction of sp³-hybridized carbons (Fsp3) is 0.410. The van der Waals surface area contributed by atoms with Crippen molar-refractivity contribution >= 4 is 41.3 Å². The maximum absolute atomic E-state index is 13.7.